The summed E-state index contributed by atoms with van der Waals surface area (Å²) in [5, 5.41) is 12.3. The molecule has 0 bridgehead atoms. The predicted molar refractivity (Wildman–Crippen MR) is 70.9 cm³/mol. The van der Waals surface area contributed by atoms with Crippen LogP contribution in [-0.4, -0.2) is 30.8 Å². The van der Waals surface area contributed by atoms with Crippen LogP contribution in [0.3, 0.4) is 0 Å². The summed E-state index contributed by atoms with van der Waals surface area (Å²) in [4.78, 5) is 11.7. The number of hydrogen-bond donors (Lipinski definition) is 2. The second-order valence-corrected chi connectivity index (χ2v) is 4.22. The molecule has 0 aliphatic heterocycles. The molecule has 1 aromatic carbocycles. The Morgan fingerprint density at radius 2 is 2.17 bits per heavy atom. The lowest BCUT2D eigenvalue weighted by molar-refractivity contribution is 0.0941. The number of amides is 1. The first-order valence-electron chi connectivity index (χ1n) is 6.30. The number of aromatic hydroxyl groups is 1. The molecule has 0 saturated carbocycles. The van der Waals surface area contributed by atoms with Crippen LogP contribution in [0.2, 0.25) is 0 Å². The van der Waals surface area contributed by atoms with Crippen molar-refractivity contribution >= 4 is 5.91 Å². The molecule has 0 spiro atoms. The van der Waals surface area contributed by atoms with Crippen LogP contribution in [0.25, 0.3) is 0 Å². The largest absolute Gasteiger partial charge is 0.508 e. The number of carbonyl (C=O) groups is 1. The Labute approximate surface area is 108 Å². The van der Waals surface area contributed by atoms with Gasteiger partial charge < -0.3 is 15.2 Å². The first-order valence-corrected chi connectivity index (χ1v) is 6.30. The number of nitrogens with one attached hydrogen (secondary N) is 1. The molecule has 0 atom stereocenters. The zero-order chi connectivity index (χ0) is 13.4. The van der Waals surface area contributed by atoms with Crippen LogP contribution >= 0.6 is 0 Å². The summed E-state index contributed by atoms with van der Waals surface area (Å²) in [5.41, 5.74) is 1.24. The lowest BCUT2D eigenvalue weighted by Crippen LogP contribution is -2.25. The molecule has 1 amide bonds. The molecule has 0 heterocycles. The number of carbonyl (C=O) groups excluding carboxylic acids is 1. The maximum absolute atomic E-state index is 11.7. The van der Waals surface area contributed by atoms with Crippen molar-refractivity contribution in [3.05, 3.63) is 29.3 Å². The highest BCUT2D eigenvalue weighted by Crippen LogP contribution is 2.17. The summed E-state index contributed by atoms with van der Waals surface area (Å²) in [6, 6.07) is 4.92. The van der Waals surface area contributed by atoms with Gasteiger partial charge in [-0.3, -0.25) is 4.79 Å². The van der Waals surface area contributed by atoms with Crippen LogP contribution in [0.5, 0.6) is 5.75 Å². The van der Waals surface area contributed by atoms with Crippen LogP contribution in [0.1, 0.15) is 35.7 Å². The van der Waals surface area contributed by atoms with Crippen molar-refractivity contribution in [3.8, 4) is 5.75 Å². The van der Waals surface area contributed by atoms with E-state index in [2.05, 4.69) is 12.2 Å². The Kier molecular flexibility index (Phi) is 6.22. The molecule has 0 aliphatic rings. The average molecular weight is 251 g/mol. The van der Waals surface area contributed by atoms with E-state index in [4.69, 9.17) is 4.74 Å². The Hall–Kier alpha value is -1.55. The van der Waals surface area contributed by atoms with Gasteiger partial charge in [-0.15, -0.1) is 0 Å². The maximum atomic E-state index is 11.7. The third-order valence-electron chi connectivity index (χ3n) is 2.57. The zero-order valence-corrected chi connectivity index (χ0v) is 11.0. The summed E-state index contributed by atoms with van der Waals surface area (Å²) in [5.74, 6) is -0.0188. The van der Waals surface area contributed by atoms with Crippen molar-refractivity contribution in [2.24, 2.45) is 0 Å². The van der Waals surface area contributed by atoms with Gasteiger partial charge in [-0.2, -0.15) is 0 Å². The third-order valence-corrected chi connectivity index (χ3v) is 2.57. The smallest absolute Gasteiger partial charge is 0.251 e. The highest BCUT2D eigenvalue weighted by Gasteiger charge is 2.06. The summed E-state index contributed by atoms with van der Waals surface area (Å²) in [6.45, 7) is 5.86. The van der Waals surface area contributed by atoms with Gasteiger partial charge in [-0.05, 0) is 37.5 Å². The normalized spacial score (nSPS) is 10.3. The lowest BCUT2D eigenvalue weighted by Gasteiger charge is -2.07. The van der Waals surface area contributed by atoms with Crippen LogP contribution in [0.15, 0.2) is 18.2 Å². The van der Waals surface area contributed by atoms with E-state index in [1.54, 1.807) is 19.1 Å². The number of phenolic OH excluding ortho intramolecular Hbond substituents is 1. The molecule has 0 saturated heterocycles. The van der Waals surface area contributed by atoms with Gasteiger partial charge in [-0.1, -0.05) is 13.0 Å². The van der Waals surface area contributed by atoms with Gasteiger partial charge in [0.2, 0.25) is 0 Å². The maximum Gasteiger partial charge on any atom is 0.251 e. The Bertz CT molecular complexity index is 391. The van der Waals surface area contributed by atoms with E-state index < -0.39 is 0 Å². The van der Waals surface area contributed by atoms with E-state index in [-0.39, 0.29) is 11.7 Å². The van der Waals surface area contributed by atoms with E-state index in [0.29, 0.717) is 18.7 Å². The van der Waals surface area contributed by atoms with E-state index >= 15 is 0 Å². The quantitative estimate of drug-likeness (QED) is 0.731. The number of aryl methyl sites for hydroxylation is 1. The molecule has 0 radical (unpaired) electrons. The van der Waals surface area contributed by atoms with Gasteiger partial charge in [0.15, 0.2) is 0 Å². The van der Waals surface area contributed by atoms with Crippen molar-refractivity contribution in [1.82, 2.24) is 5.32 Å². The zero-order valence-electron chi connectivity index (χ0n) is 11.0. The van der Waals surface area contributed by atoms with E-state index in [9.17, 15) is 9.90 Å². The van der Waals surface area contributed by atoms with Gasteiger partial charge >= 0.3 is 0 Å². The highest BCUT2D eigenvalue weighted by molar-refractivity contribution is 5.94. The summed E-state index contributed by atoms with van der Waals surface area (Å²) in [7, 11) is 0. The van der Waals surface area contributed by atoms with E-state index in [0.717, 1.165) is 25.0 Å². The molecule has 18 heavy (non-hydrogen) atoms. The van der Waals surface area contributed by atoms with E-state index in [1.165, 1.54) is 6.07 Å². The number of phenols is 1. The SMILES string of the molecule is CCCOCCCNC(=O)c1ccc(C)c(O)c1. The number of ether oxygens (including phenoxy) is 1. The first kappa shape index (κ1) is 14.5. The fourth-order valence-electron chi connectivity index (χ4n) is 1.48. The highest BCUT2D eigenvalue weighted by atomic mass is 16.5. The second-order valence-electron chi connectivity index (χ2n) is 4.22. The Balaban J connectivity index is 2.30. The van der Waals surface area contributed by atoms with Crippen LogP contribution in [0, 0.1) is 6.92 Å². The minimum Gasteiger partial charge on any atom is -0.508 e. The molecule has 0 unspecified atom stereocenters. The van der Waals surface area contributed by atoms with Gasteiger partial charge in [0.05, 0.1) is 0 Å². The number of hydrogen-bond acceptors (Lipinski definition) is 3. The summed E-state index contributed by atoms with van der Waals surface area (Å²) in [6.07, 6.45) is 1.80. The predicted octanol–water partition coefficient (Wildman–Crippen LogP) is 2.25. The van der Waals surface area contributed by atoms with Gasteiger partial charge in [-0.25, -0.2) is 0 Å². The molecule has 4 nitrogen and oxygen atoms in total. The summed E-state index contributed by atoms with van der Waals surface area (Å²) >= 11 is 0. The van der Waals surface area contributed by atoms with Crippen LogP contribution in [-0.2, 0) is 4.74 Å². The number of benzene rings is 1. The molecular formula is C14H21NO3. The topological polar surface area (TPSA) is 58.6 Å². The first-order chi connectivity index (χ1) is 8.65. The molecule has 1 aromatic rings. The van der Waals surface area contributed by atoms with Crippen molar-refractivity contribution in [2.45, 2.75) is 26.7 Å². The van der Waals surface area contributed by atoms with Crippen molar-refractivity contribution in [2.75, 3.05) is 19.8 Å². The monoisotopic (exact) mass is 251 g/mol. The Morgan fingerprint density at radius 1 is 1.39 bits per heavy atom. The van der Waals surface area contributed by atoms with Crippen LogP contribution in [0.4, 0.5) is 0 Å². The lowest BCUT2D eigenvalue weighted by atomic mass is 10.1. The second kappa shape index (κ2) is 7.71. The molecule has 100 valence electrons. The molecule has 2 N–H and O–H groups in total. The summed E-state index contributed by atoms with van der Waals surface area (Å²) < 4.78 is 5.31. The molecule has 4 heteroatoms. The number of rotatable bonds is 7. The standard InChI is InChI=1S/C14H21NO3/c1-3-8-18-9-4-7-15-14(17)12-6-5-11(2)13(16)10-12/h5-6,10,16H,3-4,7-9H2,1-2H3,(H,15,17). The van der Waals surface area contributed by atoms with Crippen LogP contribution < -0.4 is 5.32 Å². The minimum atomic E-state index is -0.166. The fraction of sp³-hybridized carbons (Fsp3) is 0.500. The van der Waals surface area contributed by atoms with Gasteiger partial charge in [0, 0.05) is 25.3 Å². The molecular weight excluding hydrogens is 230 g/mol. The molecule has 0 fully saturated rings. The Morgan fingerprint density at radius 3 is 2.83 bits per heavy atom. The molecule has 0 aromatic heterocycles. The van der Waals surface area contributed by atoms with Crippen molar-refractivity contribution < 1.29 is 14.6 Å². The molecule has 0 aliphatic carbocycles. The average Bonchev–Trinajstić information content (AvgIpc) is 2.36. The van der Waals surface area contributed by atoms with Gasteiger partial charge in [0.1, 0.15) is 5.75 Å². The fourth-order valence-corrected chi connectivity index (χ4v) is 1.48. The molecule has 1 rings (SSSR count). The van der Waals surface area contributed by atoms with Gasteiger partial charge in [0.25, 0.3) is 5.91 Å². The minimum absolute atomic E-state index is 0.147. The third kappa shape index (κ3) is 4.75. The van der Waals surface area contributed by atoms with E-state index in [1.807, 2.05) is 0 Å². The van der Waals surface area contributed by atoms with Crippen molar-refractivity contribution in [1.29, 1.82) is 0 Å². The van der Waals surface area contributed by atoms with Crippen molar-refractivity contribution in [3.63, 3.8) is 0 Å².